The van der Waals surface area contributed by atoms with Crippen LogP contribution in [0.1, 0.15) is 64.2 Å². The molecule has 1 aromatic carbocycles. The number of amides is 2. The van der Waals surface area contributed by atoms with Gasteiger partial charge >= 0.3 is 12.1 Å². The SMILES string of the molecule is O=C(Nc1ccc(-c2nnc(N(CCCN3CCCCC3)C(=O)O)o2)cc1)C1CCCCCC1. The van der Waals surface area contributed by atoms with Gasteiger partial charge in [-0.1, -0.05) is 37.2 Å². The quantitative estimate of drug-likeness (QED) is 0.523. The molecule has 2 amide bonds. The smallest absolute Gasteiger partial charge is 0.415 e. The molecule has 0 unspecified atom stereocenters. The Morgan fingerprint density at radius 2 is 1.68 bits per heavy atom. The highest BCUT2D eigenvalue weighted by Crippen LogP contribution is 2.26. The van der Waals surface area contributed by atoms with Crippen LogP contribution in [0.5, 0.6) is 0 Å². The van der Waals surface area contributed by atoms with Crippen LogP contribution in [-0.4, -0.2) is 58.4 Å². The second-order valence-corrected chi connectivity index (χ2v) is 9.33. The van der Waals surface area contributed by atoms with Crippen molar-refractivity contribution in [3.8, 4) is 11.5 Å². The third-order valence-electron chi connectivity index (χ3n) is 6.81. The number of hydrogen-bond donors (Lipinski definition) is 2. The highest BCUT2D eigenvalue weighted by Gasteiger charge is 2.23. The summed E-state index contributed by atoms with van der Waals surface area (Å²) in [7, 11) is 0. The highest BCUT2D eigenvalue weighted by molar-refractivity contribution is 5.92. The number of likely N-dealkylation sites (tertiary alicyclic amines) is 1. The van der Waals surface area contributed by atoms with Crippen LogP contribution < -0.4 is 10.2 Å². The van der Waals surface area contributed by atoms with Gasteiger partial charge in [0.2, 0.25) is 11.8 Å². The fourth-order valence-corrected chi connectivity index (χ4v) is 4.83. The van der Waals surface area contributed by atoms with E-state index in [0.717, 1.165) is 55.9 Å². The van der Waals surface area contributed by atoms with Gasteiger partial charge in [0.25, 0.3) is 0 Å². The Balaban J connectivity index is 1.33. The molecule has 184 valence electrons. The molecule has 2 heterocycles. The summed E-state index contributed by atoms with van der Waals surface area (Å²) in [5, 5.41) is 20.7. The average Bonchev–Trinajstić information content (AvgIpc) is 3.16. The molecule has 1 aliphatic carbocycles. The Morgan fingerprint density at radius 1 is 1.00 bits per heavy atom. The zero-order valence-electron chi connectivity index (χ0n) is 19.7. The van der Waals surface area contributed by atoms with Crippen molar-refractivity contribution in [2.24, 2.45) is 5.92 Å². The molecule has 2 aromatic rings. The van der Waals surface area contributed by atoms with Gasteiger partial charge in [0.05, 0.1) is 0 Å². The van der Waals surface area contributed by atoms with E-state index < -0.39 is 6.09 Å². The van der Waals surface area contributed by atoms with Gasteiger partial charge in [-0.15, -0.1) is 5.10 Å². The van der Waals surface area contributed by atoms with Crippen LogP contribution in [0.25, 0.3) is 11.5 Å². The van der Waals surface area contributed by atoms with E-state index in [1.165, 1.54) is 32.1 Å². The number of anilines is 2. The lowest BCUT2D eigenvalue weighted by atomic mass is 9.99. The monoisotopic (exact) mass is 469 g/mol. The molecule has 0 bridgehead atoms. The molecule has 2 fully saturated rings. The van der Waals surface area contributed by atoms with E-state index in [1.54, 1.807) is 24.3 Å². The molecule has 1 saturated carbocycles. The van der Waals surface area contributed by atoms with Crippen molar-refractivity contribution >= 4 is 23.7 Å². The van der Waals surface area contributed by atoms with Crippen LogP contribution in [0.15, 0.2) is 28.7 Å². The van der Waals surface area contributed by atoms with Crippen LogP contribution in [0, 0.1) is 5.92 Å². The molecule has 1 aromatic heterocycles. The van der Waals surface area contributed by atoms with Crippen LogP contribution in [0.2, 0.25) is 0 Å². The van der Waals surface area contributed by atoms with E-state index in [2.05, 4.69) is 20.4 Å². The number of rotatable bonds is 8. The van der Waals surface area contributed by atoms with E-state index in [-0.39, 0.29) is 23.7 Å². The second-order valence-electron chi connectivity index (χ2n) is 9.33. The lowest BCUT2D eigenvalue weighted by Gasteiger charge is -2.26. The first-order valence-corrected chi connectivity index (χ1v) is 12.6. The summed E-state index contributed by atoms with van der Waals surface area (Å²) in [6.45, 7) is 3.32. The van der Waals surface area contributed by atoms with Crippen molar-refractivity contribution < 1.29 is 19.1 Å². The molecule has 0 spiro atoms. The topological polar surface area (TPSA) is 112 Å². The first-order valence-electron chi connectivity index (χ1n) is 12.6. The van der Waals surface area contributed by atoms with Gasteiger partial charge in [-0.25, -0.2) is 9.69 Å². The standard InChI is InChI=1S/C25H35N5O4/c31-22(19-9-4-1-2-5-10-19)26-21-13-11-20(12-14-21)23-27-28-24(34-23)30(25(32)33)18-8-17-29-15-6-3-7-16-29/h11-14,19H,1-10,15-18H2,(H,26,31)(H,32,33). The van der Waals surface area contributed by atoms with Crippen molar-refractivity contribution in [1.82, 2.24) is 15.1 Å². The molecular weight excluding hydrogens is 434 g/mol. The van der Waals surface area contributed by atoms with Crippen molar-refractivity contribution in [3.63, 3.8) is 0 Å². The fraction of sp³-hybridized carbons (Fsp3) is 0.600. The molecule has 2 aliphatic rings. The third-order valence-corrected chi connectivity index (χ3v) is 6.81. The maximum absolute atomic E-state index is 12.6. The summed E-state index contributed by atoms with van der Waals surface area (Å²) in [5.41, 5.74) is 1.40. The Bertz CT molecular complexity index is 931. The van der Waals surface area contributed by atoms with Gasteiger partial charge in [0.1, 0.15) is 0 Å². The molecule has 1 saturated heterocycles. The number of carboxylic acid groups (broad SMARTS) is 1. The average molecular weight is 470 g/mol. The van der Waals surface area contributed by atoms with Gasteiger partial charge in [-0.2, -0.15) is 0 Å². The molecule has 0 radical (unpaired) electrons. The predicted molar refractivity (Wildman–Crippen MR) is 130 cm³/mol. The number of carbonyl (C=O) groups is 2. The number of nitrogens with one attached hydrogen (secondary N) is 1. The number of nitrogens with zero attached hydrogens (tertiary/aromatic N) is 4. The number of benzene rings is 1. The van der Waals surface area contributed by atoms with Crippen LogP contribution in [0.4, 0.5) is 16.5 Å². The summed E-state index contributed by atoms with van der Waals surface area (Å²) < 4.78 is 5.69. The Kier molecular flexibility index (Phi) is 8.51. The zero-order chi connectivity index (χ0) is 23.8. The van der Waals surface area contributed by atoms with Crippen molar-refractivity contribution in [1.29, 1.82) is 0 Å². The minimum atomic E-state index is -1.11. The Labute approximate surface area is 200 Å². The molecule has 4 rings (SSSR count). The normalized spacial score (nSPS) is 17.8. The number of carbonyl (C=O) groups excluding carboxylic acids is 1. The Morgan fingerprint density at radius 3 is 2.35 bits per heavy atom. The van der Waals surface area contributed by atoms with E-state index >= 15 is 0 Å². The summed E-state index contributed by atoms with van der Waals surface area (Å²) >= 11 is 0. The second kappa shape index (κ2) is 12.0. The molecule has 0 atom stereocenters. The van der Waals surface area contributed by atoms with Gasteiger partial charge < -0.3 is 19.7 Å². The minimum absolute atomic E-state index is 0.0214. The van der Waals surface area contributed by atoms with Crippen LogP contribution >= 0.6 is 0 Å². The van der Waals surface area contributed by atoms with Gasteiger partial charge in [-0.05, 0) is 76.0 Å². The predicted octanol–water partition coefficient (Wildman–Crippen LogP) is 5.01. The summed E-state index contributed by atoms with van der Waals surface area (Å²) in [5.74, 6) is 0.410. The van der Waals surface area contributed by atoms with E-state index in [9.17, 15) is 14.7 Å². The lowest BCUT2D eigenvalue weighted by molar-refractivity contribution is -0.120. The van der Waals surface area contributed by atoms with Gasteiger partial charge in [-0.3, -0.25) is 4.79 Å². The van der Waals surface area contributed by atoms with Crippen molar-refractivity contribution in [2.75, 3.05) is 36.4 Å². The van der Waals surface area contributed by atoms with E-state index in [0.29, 0.717) is 18.5 Å². The third kappa shape index (κ3) is 6.56. The first-order chi connectivity index (χ1) is 16.6. The molecule has 9 nitrogen and oxygen atoms in total. The van der Waals surface area contributed by atoms with Crippen LogP contribution in [-0.2, 0) is 4.79 Å². The summed E-state index contributed by atoms with van der Waals surface area (Å²) in [6, 6.07) is 7.18. The zero-order valence-corrected chi connectivity index (χ0v) is 19.7. The van der Waals surface area contributed by atoms with E-state index in [1.807, 2.05) is 0 Å². The number of hydrogen-bond acceptors (Lipinski definition) is 6. The maximum atomic E-state index is 12.6. The first kappa shape index (κ1) is 24.2. The summed E-state index contributed by atoms with van der Waals surface area (Å²) in [4.78, 5) is 27.8. The molecule has 2 N–H and O–H groups in total. The summed E-state index contributed by atoms with van der Waals surface area (Å²) in [6.07, 6.45) is 9.84. The van der Waals surface area contributed by atoms with Crippen LogP contribution in [0.3, 0.4) is 0 Å². The molecule has 9 heteroatoms. The van der Waals surface area contributed by atoms with Crippen molar-refractivity contribution in [2.45, 2.75) is 64.2 Å². The van der Waals surface area contributed by atoms with Crippen molar-refractivity contribution in [3.05, 3.63) is 24.3 Å². The minimum Gasteiger partial charge on any atom is -0.465 e. The number of piperidine rings is 1. The van der Waals surface area contributed by atoms with Gasteiger partial charge in [0, 0.05) is 23.7 Å². The maximum Gasteiger partial charge on any atom is 0.415 e. The van der Waals surface area contributed by atoms with Gasteiger partial charge in [0.15, 0.2) is 0 Å². The Hall–Kier alpha value is -2.94. The lowest BCUT2D eigenvalue weighted by Crippen LogP contribution is -2.35. The molecular formula is C25H35N5O4. The number of aromatic nitrogens is 2. The highest BCUT2D eigenvalue weighted by atomic mass is 16.4. The van der Waals surface area contributed by atoms with E-state index in [4.69, 9.17) is 4.42 Å². The fourth-order valence-electron chi connectivity index (χ4n) is 4.83. The largest absolute Gasteiger partial charge is 0.465 e. The molecule has 1 aliphatic heterocycles. The molecule has 34 heavy (non-hydrogen) atoms.